The van der Waals surface area contributed by atoms with Crippen LogP contribution in [0.25, 0.3) is 11.1 Å². The van der Waals surface area contributed by atoms with Crippen molar-refractivity contribution in [2.45, 2.75) is 19.6 Å². The summed E-state index contributed by atoms with van der Waals surface area (Å²) in [5.41, 5.74) is 0.282. The fourth-order valence-electron chi connectivity index (χ4n) is 2.95. The SMILES string of the molecule is C=CCOc1ccc(-c2ccc(OCc3ccc(C(C)O)c(F)c3F)cc2)c(F)c1F. The van der Waals surface area contributed by atoms with Crippen LogP contribution in [0.15, 0.2) is 61.2 Å². The first-order valence-corrected chi connectivity index (χ1v) is 9.43. The molecule has 3 aromatic carbocycles. The topological polar surface area (TPSA) is 38.7 Å². The minimum absolute atomic E-state index is 0.0193. The average Bonchev–Trinajstić information content (AvgIpc) is 2.76. The molecule has 7 heteroatoms. The Morgan fingerprint density at radius 2 is 1.58 bits per heavy atom. The van der Waals surface area contributed by atoms with E-state index in [4.69, 9.17) is 9.47 Å². The zero-order chi connectivity index (χ0) is 22.5. The second kappa shape index (κ2) is 9.66. The zero-order valence-electron chi connectivity index (χ0n) is 16.7. The quantitative estimate of drug-likeness (QED) is 0.345. The average molecular weight is 432 g/mol. The van der Waals surface area contributed by atoms with Gasteiger partial charge in [-0.15, -0.1) is 0 Å². The van der Waals surface area contributed by atoms with E-state index in [1.807, 2.05) is 0 Å². The molecule has 0 saturated heterocycles. The molecular formula is C24H20F4O3. The predicted octanol–water partition coefficient (Wildman–Crippen LogP) is 6.11. The first-order chi connectivity index (χ1) is 14.8. The largest absolute Gasteiger partial charge is 0.489 e. The van der Waals surface area contributed by atoms with Crippen molar-refractivity contribution in [3.63, 3.8) is 0 Å². The fraction of sp³-hybridized carbons (Fsp3) is 0.167. The van der Waals surface area contributed by atoms with E-state index >= 15 is 0 Å². The normalized spacial score (nSPS) is 11.8. The standard InChI is InChI=1S/C24H20F4O3/c1-3-12-30-20-11-10-19(23(27)24(20)28)15-4-7-17(8-5-15)31-13-16-6-9-18(14(2)29)22(26)21(16)25/h3-11,14,29H,1,12-13H2,2H3. The molecule has 0 aromatic heterocycles. The van der Waals surface area contributed by atoms with Gasteiger partial charge in [-0.1, -0.05) is 36.9 Å². The Morgan fingerprint density at radius 1 is 0.871 bits per heavy atom. The summed E-state index contributed by atoms with van der Waals surface area (Å²) in [7, 11) is 0. The van der Waals surface area contributed by atoms with Gasteiger partial charge in [-0.05, 0) is 36.8 Å². The van der Waals surface area contributed by atoms with Crippen LogP contribution in [0.5, 0.6) is 11.5 Å². The second-order valence-electron chi connectivity index (χ2n) is 6.77. The van der Waals surface area contributed by atoms with Gasteiger partial charge in [0, 0.05) is 16.7 Å². The van der Waals surface area contributed by atoms with E-state index in [0.29, 0.717) is 11.3 Å². The molecule has 162 valence electrons. The molecule has 0 saturated carbocycles. The van der Waals surface area contributed by atoms with Gasteiger partial charge in [-0.2, -0.15) is 4.39 Å². The number of hydrogen-bond donors (Lipinski definition) is 1. The van der Waals surface area contributed by atoms with Gasteiger partial charge >= 0.3 is 0 Å². The van der Waals surface area contributed by atoms with E-state index in [1.165, 1.54) is 61.5 Å². The van der Waals surface area contributed by atoms with Crippen molar-refractivity contribution in [1.82, 2.24) is 0 Å². The third-order valence-electron chi connectivity index (χ3n) is 4.61. The Labute approximate surface area is 177 Å². The van der Waals surface area contributed by atoms with E-state index in [1.54, 1.807) is 0 Å². The van der Waals surface area contributed by atoms with Crippen LogP contribution >= 0.6 is 0 Å². The molecule has 0 aliphatic rings. The van der Waals surface area contributed by atoms with Gasteiger partial charge in [0.1, 0.15) is 19.0 Å². The molecule has 3 nitrogen and oxygen atoms in total. The van der Waals surface area contributed by atoms with Gasteiger partial charge < -0.3 is 14.6 Å². The maximum Gasteiger partial charge on any atom is 0.201 e. The smallest absolute Gasteiger partial charge is 0.201 e. The minimum atomic E-state index is -1.13. The summed E-state index contributed by atoms with van der Waals surface area (Å²) in [6, 6.07) is 11.4. The molecule has 0 fully saturated rings. The molecule has 3 aromatic rings. The second-order valence-corrected chi connectivity index (χ2v) is 6.77. The van der Waals surface area contributed by atoms with Crippen molar-refractivity contribution >= 4 is 0 Å². The molecule has 0 aliphatic carbocycles. The summed E-state index contributed by atoms with van der Waals surface area (Å²) in [6.45, 7) is 4.59. The van der Waals surface area contributed by atoms with Crippen LogP contribution in [0, 0.1) is 23.3 Å². The van der Waals surface area contributed by atoms with Crippen molar-refractivity contribution < 1.29 is 32.1 Å². The summed E-state index contributed by atoms with van der Waals surface area (Å²) in [4.78, 5) is 0. The highest BCUT2D eigenvalue weighted by Gasteiger charge is 2.17. The van der Waals surface area contributed by atoms with E-state index in [9.17, 15) is 22.7 Å². The van der Waals surface area contributed by atoms with Crippen molar-refractivity contribution in [3.8, 4) is 22.6 Å². The Balaban J connectivity index is 1.74. The summed E-state index contributed by atoms with van der Waals surface area (Å²) < 4.78 is 67.2. The molecule has 1 atom stereocenters. The van der Waals surface area contributed by atoms with Crippen molar-refractivity contribution in [2.75, 3.05) is 6.61 Å². The third-order valence-corrected chi connectivity index (χ3v) is 4.61. The van der Waals surface area contributed by atoms with Gasteiger partial charge in [-0.3, -0.25) is 0 Å². The first kappa shape index (κ1) is 22.4. The van der Waals surface area contributed by atoms with Gasteiger partial charge in [0.05, 0.1) is 6.10 Å². The number of aliphatic hydroxyl groups is 1. The lowest BCUT2D eigenvalue weighted by molar-refractivity contribution is 0.192. The first-order valence-electron chi connectivity index (χ1n) is 9.43. The molecule has 0 bridgehead atoms. The van der Waals surface area contributed by atoms with E-state index in [2.05, 4.69) is 6.58 Å². The molecule has 1 unspecified atom stereocenters. The highest BCUT2D eigenvalue weighted by molar-refractivity contribution is 5.66. The van der Waals surface area contributed by atoms with Crippen molar-refractivity contribution in [3.05, 3.63) is 95.6 Å². The van der Waals surface area contributed by atoms with E-state index < -0.39 is 29.4 Å². The highest BCUT2D eigenvalue weighted by atomic mass is 19.2. The number of halogens is 4. The number of benzene rings is 3. The summed E-state index contributed by atoms with van der Waals surface area (Å²) in [5.74, 6) is -4.24. The molecule has 31 heavy (non-hydrogen) atoms. The van der Waals surface area contributed by atoms with Crippen LogP contribution in [0.2, 0.25) is 0 Å². The predicted molar refractivity (Wildman–Crippen MR) is 109 cm³/mol. The van der Waals surface area contributed by atoms with Gasteiger partial charge in [-0.25, -0.2) is 13.2 Å². The number of aliphatic hydroxyl groups excluding tert-OH is 1. The van der Waals surface area contributed by atoms with Crippen molar-refractivity contribution in [1.29, 1.82) is 0 Å². The van der Waals surface area contributed by atoms with Crippen LogP contribution in [-0.2, 0) is 6.61 Å². The molecule has 0 heterocycles. The van der Waals surface area contributed by atoms with Crippen molar-refractivity contribution in [2.24, 2.45) is 0 Å². The maximum absolute atomic E-state index is 14.4. The van der Waals surface area contributed by atoms with Crippen LogP contribution in [0.3, 0.4) is 0 Å². The lowest BCUT2D eigenvalue weighted by Crippen LogP contribution is -2.05. The van der Waals surface area contributed by atoms with Crippen LogP contribution in [-0.4, -0.2) is 11.7 Å². The zero-order valence-corrected chi connectivity index (χ0v) is 16.7. The molecule has 0 aliphatic heterocycles. The van der Waals surface area contributed by atoms with E-state index in [-0.39, 0.29) is 35.7 Å². The number of hydrogen-bond acceptors (Lipinski definition) is 3. The summed E-state index contributed by atoms with van der Waals surface area (Å²) >= 11 is 0. The Bertz CT molecular complexity index is 1080. The third kappa shape index (κ3) is 4.88. The molecular weight excluding hydrogens is 412 g/mol. The van der Waals surface area contributed by atoms with Gasteiger partial charge in [0.2, 0.25) is 5.82 Å². The van der Waals surface area contributed by atoms with Crippen LogP contribution < -0.4 is 9.47 Å². The fourth-order valence-corrected chi connectivity index (χ4v) is 2.95. The molecule has 1 N–H and O–H groups in total. The molecule has 3 rings (SSSR count). The monoisotopic (exact) mass is 432 g/mol. The number of rotatable bonds is 8. The summed E-state index contributed by atoms with van der Waals surface area (Å²) in [5, 5.41) is 9.44. The van der Waals surface area contributed by atoms with E-state index in [0.717, 1.165) is 0 Å². The maximum atomic E-state index is 14.4. The molecule has 0 spiro atoms. The van der Waals surface area contributed by atoms with Gasteiger partial charge in [0.15, 0.2) is 23.2 Å². The van der Waals surface area contributed by atoms with Gasteiger partial charge in [0.25, 0.3) is 0 Å². The van der Waals surface area contributed by atoms with Crippen LogP contribution in [0.1, 0.15) is 24.2 Å². The Hall–Kier alpha value is -3.32. The Kier molecular flexibility index (Phi) is 6.97. The highest BCUT2D eigenvalue weighted by Crippen LogP contribution is 2.31. The molecule has 0 radical (unpaired) electrons. The lowest BCUT2D eigenvalue weighted by atomic mass is 10.0. The molecule has 0 amide bonds. The summed E-state index contributed by atoms with van der Waals surface area (Å²) in [6.07, 6.45) is 0.288. The minimum Gasteiger partial charge on any atom is -0.489 e. The van der Waals surface area contributed by atoms with Crippen LogP contribution in [0.4, 0.5) is 17.6 Å². The number of ether oxygens (including phenoxy) is 2. The lowest BCUT2D eigenvalue weighted by Gasteiger charge is -2.12. The Morgan fingerprint density at radius 3 is 2.23 bits per heavy atom.